The van der Waals surface area contributed by atoms with Crippen LogP contribution in [0.2, 0.25) is 0 Å². The molecule has 0 radical (unpaired) electrons. The van der Waals surface area contributed by atoms with Crippen molar-refractivity contribution in [2.45, 2.75) is 38.3 Å². The number of nitriles is 1. The minimum atomic E-state index is 0.186. The molecule has 7 heteroatoms. The number of fused-ring (bicyclic) bond motifs is 3. The predicted molar refractivity (Wildman–Crippen MR) is 117 cm³/mol. The summed E-state index contributed by atoms with van der Waals surface area (Å²) >= 11 is 0. The second-order valence-corrected chi connectivity index (χ2v) is 7.96. The van der Waals surface area contributed by atoms with Crippen LogP contribution in [0.4, 0.5) is 0 Å². The van der Waals surface area contributed by atoms with Crippen LogP contribution in [-0.2, 0) is 11.2 Å². The van der Waals surface area contributed by atoms with Crippen LogP contribution in [0.25, 0.3) is 21.9 Å². The van der Waals surface area contributed by atoms with E-state index in [2.05, 4.69) is 27.5 Å². The molecule has 1 aliphatic rings. The van der Waals surface area contributed by atoms with Crippen LogP contribution in [0, 0.1) is 11.3 Å². The zero-order chi connectivity index (χ0) is 21.4. The Morgan fingerprint density at radius 2 is 2.10 bits per heavy atom. The van der Waals surface area contributed by atoms with Crippen molar-refractivity contribution in [3.63, 3.8) is 0 Å². The molecular formula is C24H23N5O2. The lowest BCUT2D eigenvalue weighted by molar-refractivity contribution is 0.00631. The number of methoxy groups -OCH3 is 1. The average molecular weight is 413 g/mol. The topological polar surface area (TPSA) is 85.9 Å². The molecular weight excluding hydrogens is 390 g/mol. The van der Waals surface area contributed by atoms with Crippen LogP contribution >= 0.6 is 0 Å². The molecule has 4 heterocycles. The van der Waals surface area contributed by atoms with E-state index in [1.54, 1.807) is 19.4 Å². The van der Waals surface area contributed by atoms with E-state index in [0.29, 0.717) is 12.0 Å². The van der Waals surface area contributed by atoms with Gasteiger partial charge in [0.05, 0.1) is 48.3 Å². The normalized spacial score (nSPS) is 18.9. The van der Waals surface area contributed by atoms with E-state index in [0.717, 1.165) is 58.7 Å². The summed E-state index contributed by atoms with van der Waals surface area (Å²) in [6.45, 7) is 2.83. The van der Waals surface area contributed by atoms with Crippen LogP contribution in [-0.4, -0.2) is 39.3 Å². The Bertz CT molecular complexity index is 1290. The van der Waals surface area contributed by atoms with Gasteiger partial charge >= 0.3 is 0 Å². The number of hydrogen-bond donors (Lipinski definition) is 0. The van der Waals surface area contributed by atoms with Crippen molar-refractivity contribution >= 4 is 21.9 Å². The van der Waals surface area contributed by atoms with Crippen molar-refractivity contribution < 1.29 is 9.47 Å². The first kappa shape index (κ1) is 19.5. The van der Waals surface area contributed by atoms with Gasteiger partial charge in [-0.05, 0) is 50.1 Å². The van der Waals surface area contributed by atoms with Gasteiger partial charge in [0.1, 0.15) is 17.1 Å². The highest BCUT2D eigenvalue weighted by atomic mass is 16.5. The summed E-state index contributed by atoms with van der Waals surface area (Å²) in [6, 6.07) is 12.0. The van der Waals surface area contributed by atoms with E-state index < -0.39 is 0 Å². The van der Waals surface area contributed by atoms with Gasteiger partial charge in [-0.2, -0.15) is 5.26 Å². The molecule has 0 bridgehead atoms. The maximum absolute atomic E-state index is 9.44. The third kappa shape index (κ3) is 3.60. The third-order valence-corrected chi connectivity index (χ3v) is 5.91. The van der Waals surface area contributed by atoms with Crippen molar-refractivity contribution in [3.05, 3.63) is 59.8 Å². The monoisotopic (exact) mass is 413 g/mol. The van der Waals surface area contributed by atoms with Crippen molar-refractivity contribution in [2.75, 3.05) is 13.7 Å². The van der Waals surface area contributed by atoms with Crippen molar-refractivity contribution in [1.29, 1.82) is 5.26 Å². The molecule has 3 aromatic heterocycles. The summed E-state index contributed by atoms with van der Waals surface area (Å²) in [5.74, 6) is 1.68. The highest BCUT2D eigenvalue weighted by molar-refractivity contribution is 6.02. The maximum Gasteiger partial charge on any atom is 0.137 e. The number of benzene rings is 1. The molecule has 2 atom stereocenters. The SMILES string of the molecule is COc1ccc(Cc2nc3cnc4ccc(C#N)cc4c3n2[C@@H]2CCO[C@H](C)C2)nc1. The molecule has 31 heavy (non-hydrogen) atoms. The fourth-order valence-corrected chi connectivity index (χ4v) is 4.42. The van der Waals surface area contributed by atoms with Gasteiger partial charge in [0.25, 0.3) is 0 Å². The largest absolute Gasteiger partial charge is 0.495 e. The van der Waals surface area contributed by atoms with E-state index in [9.17, 15) is 5.26 Å². The molecule has 1 aromatic carbocycles. The number of aromatic nitrogens is 4. The maximum atomic E-state index is 9.44. The zero-order valence-corrected chi connectivity index (χ0v) is 17.6. The first-order valence-corrected chi connectivity index (χ1v) is 10.5. The molecule has 5 rings (SSSR count). The minimum absolute atomic E-state index is 0.186. The summed E-state index contributed by atoms with van der Waals surface area (Å²) in [5, 5.41) is 10.4. The Balaban J connectivity index is 1.70. The van der Waals surface area contributed by atoms with Crippen LogP contribution in [0.15, 0.2) is 42.7 Å². The Morgan fingerprint density at radius 1 is 1.19 bits per heavy atom. The second kappa shape index (κ2) is 7.97. The fraction of sp³-hybridized carbons (Fsp3) is 0.333. The van der Waals surface area contributed by atoms with Gasteiger partial charge in [-0.3, -0.25) is 9.97 Å². The Morgan fingerprint density at radius 3 is 2.84 bits per heavy atom. The van der Waals surface area contributed by atoms with Crippen LogP contribution in [0.1, 0.15) is 42.9 Å². The van der Waals surface area contributed by atoms with E-state index >= 15 is 0 Å². The molecule has 7 nitrogen and oxygen atoms in total. The zero-order valence-electron chi connectivity index (χ0n) is 17.6. The molecule has 1 saturated heterocycles. The lowest BCUT2D eigenvalue weighted by Crippen LogP contribution is -2.26. The van der Waals surface area contributed by atoms with Gasteiger partial charge in [0.2, 0.25) is 0 Å². The number of nitrogens with zero attached hydrogens (tertiary/aromatic N) is 5. The van der Waals surface area contributed by atoms with E-state index in [1.165, 1.54) is 0 Å². The van der Waals surface area contributed by atoms with Crippen LogP contribution < -0.4 is 4.74 Å². The minimum Gasteiger partial charge on any atom is -0.495 e. The number of hydrogen-bond acceptors (Lipinski definition) is 6. The molecule has 0 amide bonds. The molecule has 0 N–H and O–H groups in total. The highest BCUT2D eigenvalue weighted by Crippen LogP contribution is 2.34. The van der Waals surface area contributed by atoms with Crippen LogP contribution in [0.5, 0.6) is 5.75 Å². The molecule has 1 fully saturated rings. The van der Waals surface area contributed by atoms with Gasteiger partial charge in [0, 0.05) is 30.1 Å². The van der Waals surface area contributed by atoms with E-state index in [1.807, 2.05) is 30.5 Å². The van der Waals surface area contributed by atoms with Gasteiger partial charge < -0.3 is 14.0 Å². The van der Waals surface area contributed by atoms with Crippen molar-refractivity contribution in [1.82, 2.24) is 19.5 Å². The number of pyridine rings is 2. The van der Waals surface area contributed by atoms with Gasteiger partial charge in [0.15, 0.2) is 0 Å². The summed E-state index contributed by atoms with van der Waals surface area (Å²) in [7, 11) is 1.63. The van der Waals surface area contributed by atoms with Gasteiger partial charge in [-0.1, -0.05) is 0 Å². The van der Waals surface area contributed by atoms with Crippen LogP contribution in [0.3, 0.4) is 0 Å². The summed E-state index contributed by atoms with van der Waals surface area (Å²) in [6.07, 6.45) is 6.18. The number of ether oxygens (including phenoxy) is 2. The van der Waals surface area contributed by atoms with Crippen molar-refractivity contribution in [2.24, 2.45) is 0 Å². The van der Waals surface area contributed by atoms with E-state index in [-0.39, 0.29) is 12.1 Å². The summed E-state index contributed by atoms with van der Waals surface area (Å²) in [5.41, 5.74) is 4.28. The molecule has 156 valence electrons. The first-order chi connectivity index (χ1) is 15.2. The van der Waals surface area contributed by atoms with Crippen molar-refractivity contribution in [3.8, 4) is 11.8 Å². The molecule has 0 unspecified atom stereocenters. The van der Waals surface area contributed by atoms with Gasteiger partial charge in [-0.25, -0.2) is 4.98 Å². The summed E-state index contributed by atoms with van der Waals surface area (Å²) < 4.78 is 13.4. The quantitative estimate of drug-likeness (QED) is 0.499. The summed E-state index contributed by atoms with van der Waals surface area (Å²) in [4.78, 5) is 14.1. The fourth-order valence-electron chi connectivity index (χ4n) is 4.42. The van der Waals surface area contributed by atoms with Gasteiger partial charge in [-0.15, -0.1) is 0 Å². The van der Waals surface area contributed by atoms with E-state index in [4.69, 9.17) is 14.5 Å². The number of rotatable bonds is 4. The lowest BCUT2D eigenvalue weighted by atomic mass is 10.0. The predicted octanol–water partition coefficient (Wildman–Crippen LogP) is 4.19. The highest BCUT2D eigenvalue weighted by Gasteiger charge is 2.26. The molecule has 0 spiro atoms. The number of imidazole rings is 1. The third-order valence-electron chi connectivity index (χ3n) is 5.91. The standard InChI is InChI=1S/C24H23N5O2/c1-15-9-18(7-8-31-15)29-23(11-17-4-5-19(30-2)13-26-17)28-22-14-27-21-6-3-16(12-25)10-20(21)24(22)29/h3-6,10,13-15,18H,7-9,11H2,1-2H3/t15-,18-/m1/s1. The second-order valence-electron chi connectivity index (χ2n) is 7.96. The Hall–Kier alpha value is -3.50. The smallest absolute Gasteiger partial charge is 0.137 e. The Labute approximate surface area is 180 Å². The average Bonchev–Trinajstić information content (AvgIpc) is 3.17. The molecule has 0 aliphatic carbocycles. The first-order valence-electron chi connectivity index (χ1n) is 10.5. The molecule has 4 aromatic rings. The molecule has 0 saturated carbocycles. The lowest BCUT2D eigenvalue weighted by Gasteiger charge is -2.30. The molecule has 1 aliphatic heterocycles. The Kier molecular flexibility index (Phi) is 5.00.